The fourth-order valence-electron chi connectivity index (χ4n) is 3.62. The summed E-state index contributed by atoms with van der Waals surface area (Å²) in [5, 5.41) is 1.43. The number of para-hydroxylation sites is 1. The quantitative estimate of drug-likeness (QED) is 0.282. The maximum Gasteiger partial charge on any atom is 0.229 e. The summed E-state index contributed by atoms with van der Waals surface area (Å²) in [6.07, 6.45) is 0. The van der Waals surface area contributed by atoms with E-state index in [9.17, 15) is 0 Å². The summed E-state index contributed by atoms with van der Waals surface area (Å²) < 4.78 is 74.0. The lowest BCUT2D eigenvalue weighted by atomic mass is 9.93. The van der Waals surface area contributed by atoms with E-state index in [0.29, 0.717) is 33.4 Å². The maximum atomic E-state index is 9.13. The molecule has 3 nitrogen and oxygen atoms in total. The van der Waals surface area contributed by atoms with Crippen LogP contribution in [0.25, 0.3) is 38.0 Å². The molecule has 4 rings (SSSR count). The Hall–Kier alpha value is -3.12. The minimum absolute atomic E-state index is 0.230. The molecule has 0 N–H and O–H groups in total. The number of rotatable bonds is 2. The number of furan rings is 1. The molecule has 0 saturated heterocycles. The molecule has 3 heteroatoms. The largest absolute Gasteiger partial charge is 0.466 e. The van der Waals surface area contributed by atoms with Crippen LogP contribution in [0.1, 0.15) is 53.0 Å². The normalized spacial score (nSPS) is 18.7. The van der Waals surface area contributed by atoms with Gasteiger partial charge in [0.15, 0.2) is 5.69 Å². The Morgan fingerprint density at radius 2 is 2.00 bits per heavy atom. The average Bonchev–Trinajstić information content (AvgIpc) is 3.14. The molecule has 0 aliphatic heterocycles. The highest BCUT2D eigenvalue weighted by Gasteiger charge is 2.25. The van der Waals surface area contributed by atoms with Crippen LogP contribution in [0.5, 0.6) is 0 Å². The zero-order valence-corrected chi connectivity index (χ0v) is 16.2. The predicted molar refractivity (Wildman–Crippen MR) is 115 cm³/mol. The van der Waals surface area contributed by atoms with Crippen LogP contribution in [0.3, 0.4) is 0 Å². The van der Waals surface area contributed by atoms with Crippen molar-refractivity contribution in [1.29, 1.82) is 0 Å². The van der Waals surface area contributed by atoms with Gasteiger partial charge in [-0.1, -0.05) is 44.1 Å². The number of aryl methyl sites for hydroxylation is 1. The van der Waals surface area contributed by atoms with Crippen LogP contribution in [0.15, 0.2) is 40.8 Å². The van der Waals surface area contributed by atoms with Gasteiger partial charge in [0.25, 0.3) is 0 Å². The Bertz CT molecular complexity index is 1590. The van der Waals surface area contributed by atoms with E-state index in [4.69, 9.17) is 22.0 Å². The van der Waals surface area contributed by atoms with Crippen molar-refractivity contribution in [1.82, 2.24) is 0 Å². The standard InChI is InChI=1S/C25H25N2O/c1-14(2)20-13-22(27(7)17(5)16(20)4)23-15(3)11-12-19-18-9-8-10-21(26-6)24(18)28-25(19)23/h8-14H,1-5,7H3/q+1/i1D3,4D3,13D,14D. The molecule has 1 atom stereocenters. The smallest absolute Gasteiger partial charge is 0.229 e. The fourth-order valence-corrected chi connectivity index (χ4v) is 3.62. The first-order valence-electron chi connectivity index (χ1n) is 12.9. The van der Waals surface area contributed by atoms with Gasteiger partial charge >= 0.3 is 0 Å². The maximum absolute atomic E-state index is 9.13. The lowest BCUT2D eigenvalue weighted by Gasteiger charge is -2.14. The monoisotopic (exact) mass is 377 g/mol. The van der Waals surface area contributed by atoms with E-state index < -0.39 is 19.6 Å². The van der Waals surface area contributed by atoms with Crippen molar-refractivity contribution >= 4 is 27.6 Å². The number of aromatic nitrogens is 1. The number of fused-ring (bicyclic) bond motifs is 3. The van der Waals surface area contributed by atoms with E-state index in [1.807, 2.05) is 25.1 Å². The van der Waals surface area contributed by atoms with Crippen molar-refractivity contribution in [2.45, 2.75) is 40.4 Å². The first-order valence-corrected chi connectivity index (χ1v) is 8.90. The van der Waals surface area contributed by atoms with Gasteiger partial charge in [0.2, 0.25) is 11.4 Å². The molecule has 0 amide bonds. The van der Waals surface area contributed by atoms with Gasteiger partial charge in [0, 0.05) is 38.9 Å². The van der Waals surface area contributed by atoms with Gasteiger partial charge in [-0.3, -0.25) is 0 Å². The van der Waals surface area contributed by atoms with Gasteiger partial charge in [-0.2, -0.15) is 4.57 Å². The molecule has 0 aliphatic rings. The molecule has 0 radical (unpaired) electrons. The molecule has 2 heterocycles. The van der Waals surface area contributed by atoms with Crippen molar-refractivity contribution in [2.75, 3.05) is 0 Å². The Morgan fingerprint density at radius 1 is 1.21 bits per heavy atom. The van der Waals surface area contributed by atoms with E-state index in [1.165, 1.54) is 0 Å². The highest BCUT2D eigenvalue weighted by molar-refractivity contribution is 6.12. The second-order valence-corrected chi connectivity index (χ2v) is 6.99. The van der Waals surface area contributed by atoms with Crippen molar-refractivity contribution in [3.63, 3.8) is 0 Å². The topological polar surface area (TPSA) is 21.4 Å². The fraction of sp³-hybridized carbons (Fsp3) is 0.280. The lowest BCUT2D eigenvalue weighted by molar-refractivity contribution is -0.667. The van der Waals surface area contributed by atoms with E-state index in [2.05, 4.69) is 4.85 Å². The zero-order valence-electron chi connectivity index (χ0n) is 24.2. The summed E-state index contributed by atoms with van der Waals surface area (Å²) in [6.45, 7) is 6.35. The predicted octanol–water partition coefficient (Wildman–Crippen LogP) is 6.68. The number of hydrogen-bond donors (Lipinski definition) is 0. The summed E-state index contributed by atoms with van der Waals surface area (Å²) in [5.41, 5.74) is 2.12. The molecule has 0 saturated carbocycles. The second kappa shape index (κ2) is 6.49. The number of hydrogen-bond acceptors (Lipinski definition) is 1. The van der Waals surface area contributed by atoms with Crippen LogP contribution >= 0.6 is 0 Å². The van der Waals surface area contributed by atoms with Crippen LogP contribution in [0.4, 0.5) is 5.69 Å². The van der Waals surface area contributed by atoms with E-state index >= 15 is 0 Å². The molecule has 0 aliphatic carbocycles. The molecular weight excluding hydrogens is 344 g/mol. The van der Waals surface area contributed by atoms with Gasteiger partial charge in [-0.05, 0) is 30.8 Å². The Kier molecular flexibility index (Phi) is 2.56. The van der Waals surface area contributed by atoms with Crippen LogP contribution in [0.2, 0.25) is 0 Å². The van der Waals surface area contributed by atoms with Gasteiger partial charge in [0.05, 0.1) is 13.5 Å². The molecule has 0 fully saturated rings. The van der Waals surface area contributed by atoms with Gasteiger partial charge < -0.3 is 4.42 Å². The molecular formula is C25H25N2O+. The minimum atomic E-state index is -2.89. The van der Waals surface area contributed by atoms with Crippen molar-refractivity contribution in [2.24, 2.45) is 7.05 Å². The number of nitrogens with zero attached hydrogens (tertiary/aromatic N) is 2. The molecule has 1 unspecified atom stereocenters. The van der Waals surface area contributed by atoms with E-state index in [1.54, 1.807) is 30.7 Å². The number of benzene rings is 2. The van der Waals surface area contributed by atoms with Crippen molar-refractivity contribution in [3.8, 4) is 11.3 Å². The molecule has 2 aromatic heterocycles. The highest BCUT2D eigenvalue weighted by atomic mass is 16.3. The molecule has 28 heavy (non-hydrogen) atoms. The molecule has 0 spiro atoms. The third kappa shape index (κ3) is 2.52. The van der Waals surface area contributed by atoms with Gasteiger partial charge in [-0.25, -0.2) is 4.85 Å². The van der Waals surface area contributed by atoms with Crippen LogP contribution in [-0.2, 0) is 7.05 Å². The SMILES string of the molecule is [2H]c1c(C([2H])(C)C([2H])([2H])[2H])c(C([2H])([2H])[2H])c(C)[n+](C)c1-c1c(C)ccc2c1oc1c([N+]#[C-])cccc12. The molecule has 140 valence electrons. The van der Waals surface area contributed by atoms with E-state index in [0.717, 1.165) is 12.3 Å². The summed E-state index contributed by atoms with van der Waals surface area (Å²) in [6, 6.07) is 8.58. The van der Waals surface area contributed by atoms with Gasteiger partial charge in [0.1, 0.15) is 18.2 Å². The lowest BCUT2D eigenvalue weighted by Crippen LogP contribution is -2.36. The molecule has 2 aromatic carbocycles. The Labute approximate surface area is 177 Å². The third-order valence-corrected chi connectivity index (χ3v) is 5.28. The van der Waals surface area contributed by atoms with Gasteiger partial charge in [-0.15, -0.1) is 0 Å². The summed E-state index contributed by atoms with van der Waals surface area (Å²) in [5.74, 6) is -2.37. The van der Waals surface area contributed by atoms with Crippen molar-refractivity contribution in [3.05, 3.63) is 70.2 Å². The van der Waals surface area contributed by atoms with E-state index in [-0.39, 0.29) is 28.6 Å². The average molecular weight is 378 g/mol. The molecule has 0 bridgehead atoms. The molecule has 4 aromatic rings. The zero-order chi connectivity index (χ0) is 27.0. The summed E-state index contributed by atoms with van der Waals surface area (Å²) in [7, 11) is 1.61. The third-order valence-electron chi connectivity index (χ3n) is 5.28. The van der Waals surface area contributed by atoms with Crippen LogP contribution in [-0.4, -0.2) is 0 Å². The van der Waals surface area contributed by atoms with Crippen LogP contribution < -0.4 is 4.57 Å². The van der Waals surface area contributed by atoms with Crippen LogP contribution in [0, 0.1) is 27.3 Å². The number of pyridine rings is 1. The highest BCUT2D eigenvalue weighted by Crippen LogP contribution is 2.40. The first kappa shape index (κ1) is 11.0. The first-order chi connectivity index (χ1) is 16.5. The summed E-state index contributed by atoms with van der Waals surface area (Å²) in [4.78, 5) is 3.54. The van der Waals surface area contributed by atoms with Crippen molar-refractivity contribution < 1.29 is 20.0 Å². The summed E-state index contributed by atoms with van der Waals surface area (Å²) >= 11 is 0. The Balaban J connectivity index is 2.25. The Morgan fingerprint density at radius 3 is 2.71 bits per heavy atom. The minimum Gasteiger partial charge on any atom is -0.466 e. The second-order valence-electron chi connectivity index (χ2n) is 6.99.